The molecule has 4 rings (SSSR count). The fraction of sp³-hybridized carbons (Fsp3) is 0.150. The summed E-state index contributed by atoms with van der Waals surface area (Å²) < 4.78 is 38.6. The molecule has 4 aromatic rings. The van der Waals surface area contributed by atoms with E-state index in [1.807, 2.05) is 6.07 Å². The van der Waals surface area contributed by atoms with E-state index in [0.29, 0.717) is 5.52 Å². The highest BCUT2D eigenvalue weighted by atomic mass is 32.2. The van der Waals surface area contributed by atoms with Crippen LogP contribution in [0.1, 0.15) is 11.6 Å². The summed E-state index contributed by atoms with van der Waals surface area (Å²) in [5.41, 5.74) is 1.10. The molecule has 0 bridgehead atoms. The minimum atomic E-state index is -3.69. The molecule has 0 aliphatic heterocycles. The molecule has 0 aliphatic carbocycles. The van der Waals surface area contributed by atoms with Crippen LogP contribution in [-0.2, 0) is 9.84 Å². The number of hydrogen-bond acceptors (Lipinski definition) is 7. The van der Waals surface area contributed by atoms with Gasteiger partial charge in [-0.05, 0) is 23.8 Å². The maximum absolute atomic E-state index is 14.2. The maximum atomic E-state index is 14.2. The molecule has 0 aliphatic rings. The van der Waals surface area contributed by atoms with Gasteiger partial charge in [0.05, 0.1) is 18.8 Å². The lowest BCUT2D eigenvalue weighted by atomic mass is 10.1. The molecule has 9 nitrogen and oxygen atoms in total. The standard InChI is InChI=1S/C20H18FN5O4S/c1-31(29,30)17-8-7-13(9-14(17)21)23-19-22-10-15-18(25-19)26(20(28)24-15)16(11-27)12-5-3-2-4-6-12/h2-10,16,27H,11H2,1H3,(H,24,28)(H,22,23,25)/t16-/m1/s1. The van der Waals surface area contributed by atoms with Gasteiger partial charge in [0.15, 0.2) is 15.5 Å². The van der Waals surface area contributed by atoms with Gasteiger partial charge in [-0.25, -0.2) is 22.6 Å². The molecule has 0 saturated carbocycles. The van der Waals surface area contributed by atoms with Crippen LogP contribution < -0.4 is 11.0 Å². The molecule has 0 radical (unpaired) electrons. The summed E-state index contributed by atoms with van der Waals surface area (Å²) in [5, 5.41) is 12.7. The SMILES string of the molecule is CS(=O)(=O)c1ccc(Nc2ncc3[nH]c(=O)n([C@H](CO)c4ccccc4)c3n2)cc1F. The number of imidazole rings is 1. The highest BCUT2D eigenvalue weighted by molar-refractivity contribution is 7.90. The highest BCUT2D eigenvalue weighted by Crippen LogP contribution is 2.23. The lowest BCUT2D eigenvalue weighted by molar-refractivity contribution is 0.249. The maximum Gasteiger partial charge on any atom is 0.328 e. The number of halogens is 1. The lowest BCUT2D eigenvalue weighted by Gasteiger charge is -2.16. The van der Waals surface area contributed by atoms with Crippen LogP contribution in [0.5, 0.6) is 0 Å². The summed E-state index contributed by atoms with van der Waals surface area (Å²) in [6, 6.07) is 11.9. The molecule has 0 unspecified atom stereocenters. The number of sulfone groups is 1. The Labute approximate surface area is 176 Å². The van der Waals surface area contributed by atoms with E-state index in [1.54, 1.807) is 24.3 Å². The Morgan fingerprint density at radius 1 is 1.23 bits per heavy atom. The van der Waals surface area contributed by atoms with Crippen molar-refractivity contribution in [2.45, 2.75) is 10.9 Å². The molecule has 160 valence electrons. The van der Waals surface area contributed by atoms with Crippen LogP contribution in [0, 0.1) is 5.82 Å². The van der Waals surface area contributed by atoms with Gasteiger partial charge in [0.25, 0.3) is 0 Å². The quantitative estimate of drug-likeness (QED) is 0.415. The van der Waals surface area contributed by atoms with Crippen LogP contribution in [0.25, 0.3) is 11.2 Å². The second kappa shape index (κ2) is 7.93. The van der Waals surface area contributed by atoms with Crippen LogP contribution in [0.3, 0.4) is 0 Å². The summed E-state index contributed by atoms with van der Waals surface area (Å²) in [6.07, 6.45) is 2.31. The van der Waals surface area contributed by atoms with Crippen molar-refractivity contribution in [3.05, 3.63) is 76.6 Å². The number of rotatable bonds is 6. The molecule has 11 heteroatoms. The summed E-state index contributed by atoms with van der Waals surface area (Å²) in [4.78, 5) is 23.2. The van der Waals surface area contributed by atoms with E-state index in [9.17, 15) is 22.7 Å². The Morgan fingerprint density at radius 2 is 1.97 bits per heavy atom. The number of nitrogens with zero attached hydrogens (tertiary/aromatic N) is 3. The molecular formula is C20H18FN5O4S. The van der Waals surface area contributed by atoms with E-state index in [0.717, 1.165) is 24.0 Å². The van der Waals surface area contributed by atoms with Crippen molar-refractivity contribution in [2.24, 2.45) is 0 Å². The van der Waals surface area contributed by atoms with Gasteiger partial charge in [0.2, 0.25) is 5.95 Å². The van der Waals surface area contributed by atoms with E-state index in [2.05, 4.69) is 20.3 Å². The molecule has 2 aromatic carbocycles. The molecule has 31 heavy (non-hydrogen) atoms. The van der Waals surface area contributed by atoms with Crippen LogP contribution >= 0.6 is 0 Å². The fourth-order valence-corrected chi connectivity index (χ4v) is 4.01. The topological polar surface area (TPSA) is 130 Å². The van der Waals surface area contributed by atoms with Crippen molar-refractivity contribution < 1.29 is 17.9 Å². The number of aromatic amines is 1. The fourth-order valence-electron chi connectivity index (χ4n) is 3.29. The Morgan fingerprint density at radius 3 is 2.61 bits per heavy atom. The van der Waals surface area contributed by atoms with E-state index in [4.69, 9.17) is 0 Å². The zero-order valence-corrected chi connectivity index (χ0v) is 17.1. The number of aliphatic hydroxyl groups excluding tert-OH is 1. The van der Waals surface area contributed by atoms with E-state index >= 15 is 0 Å². The van der Waals surface area contributed by atoms with Gasteiger partial charge in [0.1, 0.15) is 16.2 Å². The third-order valence-corrected chi connectivity index (χ3v) is 5.84. The number of fused-ring (bicyclic) bond motifs is 1. The first-order valence-electron chi connectivity index (χ1n) is 9.17. The van der Waals surface area contributed by atoms with Crippen molar-refractivity contribution in [1.82, 2.24) is 19.5 Å². The number of anilines is 2. The number of aliphatic hydroxyl groups is 1. The lowest BCUT2D eigenvalue weighted by Crippen LogP contribution is -2.26. The molecule has 0 fully saturated rings. The number of benzene rings is 2. The average molecular weight is 443 g/mol. The van der Waals surface area contributed by atoms with E-state index in [1.165, 1.54) is 16.8 Å². The summed E-state index contributed by atoms with van der Waals surface area (Å²) in [7, 11) is -3.69. The van der Waals surface area contributed by atoms with Crippen molar-refractivity contribution in [3.63, 3.8) is 0 Å². The second-order valence-corrected chi connectivity index (χ2v) is 8.87. The van der Waals surface area contributed by atoms with Gasteiger partial charge >= 0.3 is 5.69 Å². The first-order valence-corrected chi connectivity index (χ1v) is 11.1. The molecule has 1 atom stereocenters. The zero-order valence-electron chi connectivity index (χ0n) is 16.3. The smallest absolute Gasteiger partial charge is 0.328 e. The van der Waals surface area contributed by atoms with Gasteiger partial charge in [-0.1, -0.05) is 30.3 Å². The number of H-pyrrole nitrogens is 1. The van der Waals surface area contributed by atoms with Crippen molar-refractivity contribution in [1.29, 1.82) is 0 Å². The summed E-state index contributed by atoms with van der Waals surface area (Å²) >= 11 is 0. The first-order chi connectivity index (χ1) is 14.8. The molecular weight excluding hydrogens is 425 g/mol. The number of aromatic nitrogens is 4. The predicted molar refractivity (Wildman–Crippen MR) is 113 cm³/mol. The first kappa shape index (κ1) is 20.7. The van der Waals surface area contributed by atoms with Gasteiger partial charge in [-0.15, -0.1) is 0 Å². The Hall–Kier alpha value is -3.57. The second-order valence-electron chi connectivity index (χ2n) is 6.88. The summed E-state index contributed by atoms with van der Waals surface area (Å²) in [5.74, 6) is -0.840. The van der Waals surface area contributed by atoms with Gasteiger partial charge in [0, 0.05) is 11.9 Å². The minimum Gasteiger partial charge on any atom is -0.394 e. The number of nitrogens with one attached hydrogen (secondary N) is 2. The van der Waals surface area contributed by atoms with Crippen molar-refractivity contribution >= 4 is 32.6 Å². The van der Waals surface area contributed by atoms with Crippen LogP contribution in [0.4, 0.5) is 16.0 Å². The molecule has 3 N–H and O–H groups in total. The van der Waals surface area contributed by atoms with Crippen LogP contribution in [-0.4, -0.2) is 45.9 Å². The third kappa shape index (κ3) is 4.05. The number of hydrogen-bond donors (Lipinski definition) is 3. The van der Waals surface area contributed by atoms with Gasteiger partial charge in [-0.3, -0.25) is 4.57 Å². The van der Waals surface area contributed by atoms with Gasteiger partial charge in [-0.2, -0.15) is 4.98 Å². The Kier molecular flexibility index (Phi) is 5.29. The third-order valence-electron chi connectivity index (χ3n) is 4.71. The van der Waals surface area contributed by atoms with Gasteiger partial charge < -0.3 is 15.4 Å². The molecule has 0 spiro atoms. The largest absolute Gasteiger partial charge is 0.394 e. The Balaban J connectivity index is 1.74. The van der Waals surface area contributed by atoms with Crippen LogP contribution in [0.2, 0.25) is 0 Å². The molecule has 2 aromatic heterocycles. The van der Waals surface area contributed by atoms with E-state index < -0.39 is 32.3 Å². The van der Waals surface area contributed by atoms with E-state index in [-0.39, 0.29) is 23.9 Å². The zero-order chi connectivity index (χ0) is 22.2. The molecule has 0 amide bonds. The summed E-state index contributed by atoms with van der Waals surface area (Å²) in [6.45, 7) is -0.332. The molecule has 0 saturated heterocycles. The highest BCUT2D eigenvalue weighted by Gasteiger charge is 2.20. The van der Waals surface area contributed by atoms with Crippen LogP contribution in [0.15, 0.2) is 64.4 Å². The Bertz CT molecular complexity index is 1420. The monoisotopic (exact) mass is 443 g/mol. The normalized spacial score (nSPS) is 12.7. The predicted octanol–water partition coefficient (Wildman–Crippen LogP) is 1.99. The molecule has 2 heterocycles. The minimum absolute atomic E-state index is 0.0662. The van der Waals surface area contributed by atoms with Crippen molar-refractivity contribution in [3.8, 4) is 0 Å². The average Bonchev–Trinajstić information content (AvgIpc) is 3.04. The van der Waals surface area contributed by atoms with Crippen molar-refractivity contribution in [2.75, 3.05) is 18.2 Å².